The molecule has 122 valence electrons. The van der Waals surface area contributed by atoms with E-state index in [0.29, 0.717) is 17.3 Å². The van der Waals surface area contributed by atoms with Crippen LogP contribution in [0, 0.1) is 23.7 Å². The van der Waals surface area contributed by atoms with Crippen molar-refractivity contribution in [3.63, 3.8) is 0 Å². The van der Waals surface area contributed by atoms with E-state index in [1.165, 1.54) is 0 Å². The lowest BCUT2D eigenvalue weighted by Crippen LogP contribution is -2.14. The van der Waals surface area contributed by atoms with Crippen LogP contribution in [0.25, 0.3) is 0 Å². The fourth-order valence-corrected chi connectivity index (χ4v) is 2.49. The van der Waals surface area contributed by atoms with Crippen molar-refractivity contribution in [2.45, 2.75) is 19.3 Å². The maximum absolute atomic E-state index is 11.6. The molecule has 0 atom stereocenters. The third-order valence-electron chi connectivity index (χ3n) is 2.90. The van der Waals surface area contributed by atoms with Gasteiger partial charge in [-0.05, 0) is 54.2 Å². The second-order valence-electron chi connectivity index (χ2n) is 4.73. The molecule has 0 bridgehead atoms. The van der Waals surface area contributed by atoms with Crippen LogP contribution in [0.3, 0.4) is 0 Å². The topological polar surface area (TPSA) is 38.3 Å². The summed E-state index contributed by atoms with van der Waals surface area (Å²) in [5.74, 6) is 11.6. The Morgan fingerprint density at radius 2 is 2.04 bits per heavy atom. The number of rotatable bonds is 5. The highest BCUT2D eigenvalue weighted by molar-refractivity contribution is 7.10. The van der Waals surface area contributed by atoms with E-state index in [1.807, 2.05) is 17.5 Å². The van der Waals surface area contributed by atoms with E-state index in [4.69, 9.17) is 16.3 Å². The Morgan fingerprint density at radius 1 is 1.17 bits per heavy atom. The van der Waals surface area contributed by atoms with E-state index >= 15 is 0 Å². The zero-order chi connectivity index (χ0) is 17.0. The first-order valence-electron chi connectivity index (χ1n) is 7.46. The van der Waals surface area contributed by atoms with Gasteiger partial charge in [-0.25, -0.2) is 4.79 Å². The van der Waals surface area contributed by atoms with E-state index in [-0.39, 0.29) is 0 Å². The minimum absolute atomic E-state index is 0.346. The van der Waals surface area contributed by atoms with Crippen LogP contribution in [0.1, 0.15) is 24.1 Å². The molecule has 0 fully saturated rings. The number of carbonyl (C=O) groups is 1. The van der Waals surface area contributed by atoms with Gasteiger partial charge < -0.3 is 4.74 Å². The lowest BCUT2D eigenvalue weighted by atomic mass is 10.2. The summed E-state index contributed by atoms with van der Waals surface area (Å²) in [4.78, 5) is 12.6. The number of benzene rings is 1. The van der Waals surface area contributed by atoms with Gasteiger partial charge in [0.15, 0.2) is 0 Å². The van der Waals surface area contributed by atoms with Crippen LogP contribution in [-0.4, -0.2) is 12.7 Å². The molecule has 1 aromatic heterocycles. The number of ether oxygens (including phenoxy) is 1. The molecule has 1 heterocycles. The average molecular weight is 358 g/mol. The number of para-hydroxylation sites is 1. The number of unbranched alkanes of at least 4 members (excludes halogenated alkanes) is 2. The number of carbonyl (C=O) groups excluding carboxylic acids is 1. The fourth-order valence-electron chi connectivity index (χ4n) is 1.74. The molecule has 0 aliphatic rings. The summed E-state index contributed by atoms with van der Waals surface area (Å²) in [5, 5.41) is 5.07. The molecule has 0 aliphatic heterocycles. The Balaban J connectivity index is 1.57. The van der Waals surface area contributed by atoms with Gasteiger partial charge in [-0.2, -0.15) is 0 Å². The Kier molecular flexibility index (Phi) is 7.77. The highest BCUT2D eigenvalue weighted by Crippen LogP contribution is 2.20. The summed E-state index contributed by atoms with van der Waals surface area (Å²) in [6.07, 6.45) is 1.83. The predicted octanol–water partition coefficient (Wildman–Crippen LogP) is 5.18. The summed E-state index contributed by atoms with van der Waals surface area (Å²) in [5.41, 5.74) is 0.541. The molecule has 1 N–H and O–H groups in total. The first kappa shape index (κ1) is 17.9. The van der Waals surface area contributed by atoms with E-state index in [1.54, 1.807) is 35.6 Å². The van der Waals surface area contributed by atoms with Gasteiger partial charge >= 0.3 is 6.09 Å². The van der Waals surface area contributed by atoms with Crippen molar-refractivity contribution in [3.8, 4) is 23.7 Å². The molecule has 2 rings (SSSR count). The number of anilines is 1. The molecule has 0 saturated carbocycles. The van der Waals surface area contributed by atoms with Gasteiger partial charge in [-0.15, -0.1) is 11.3 Å². The summed E-state index contributed by atoms with van der Waals surface area (Å²) in [6, 6.07) is 10.9. The van der Waals surface area contributed by atoms with Crippen molar-refractivity contribution in [2.24, 2.45) is 0 Å². The van der Waals surface area contributed by atoms with Crippen LogP contribution in [0.15, 0.2) is 41.8 Å². The highest BCUT2D eigenvalue weighted by Gasteiger charge is 2.05. The second kappa shape index (κ2) is 10.4. The van der Waals surface area contributed by atoms with Crippen molar-refractivity contribution in [3.05, 3.63) is 51.7 Å². The molecule has 1 aromatic carbocycles. The number of halogens is 1. The van der Waals surface area contributed by atoms with Crippen molar-refractivity contribution in [1.82, 2.24) is 0 Å². The molecule has 3 nitrogen and oxygen atoms in total. The molecule has 0 radical (unpaired) electrons. The van der Waals surface area contributed by atoms with E-state index in [2.05, 4.69) is 29.0 Å². The summed E-state index contributed by atoms with van der Waals surface area (Å²) in [7, 11) is 0. The molecule has 2 aromatic rings. The molecule has 0 saturated heterocycles. The SMILES string of the molecule is O=C(Nc1ccccc1Cl)OCCCCC#CC#Cc1cccs1. The van der Waals surface area contributed by atoms with Crippen LogP contribution in [0.2, 0.25) is 5.02 Å². The molecule has 1 amide bonds. The molecule has 0 aliphatic carbocycles. The summed E-state index contributed by atoms with van der Waals surface area (Å²) in [6.45, 7) is 0.346. The molecule has 5 heteroatoms. The molecule has 0 spiro atoms. The van der Waals surface area contributed by atoms with Gasteiger partial charge in [-0.3, -0.25) is 5.32 Å². The van der Waals surface area contributed by atoms with Gasteiger partial charge in [0.2, 0.25) is 0 Å². The number of hydrogen-bond donors (Lipinski definition) is 1. The monoisotopic (exact) mass is 357 g/mol. The van der Waals surface area contributed by atoms with Crippen LogP contribution in [-0.2, 0) is 4.74 Å². The smallest absolute Gasteiger partial charge is 0.411 e. The van der Waals surface area contributed by atoms with Crippen molar-refractivity contribution in [1.29, 1.82) is 0 Å². The van der Waals surface area contributed by atoms with Crippen LogP contribution >= 0.6 is 22.9 Å². The van der Waals surface area contributed by atoms with Gasteiger partial charge in [0, 0.05) is 6.42 Å². The zero-order valence-corrected chi connectivity index (χ0v) is 14.5. The van der Waals surface area contributed by atoms with Crippen LogP contribution in [0.5, 0.6) is 0 Å². The highest BCUT2D eigenvalue weighted by atomic mass is 35.5. The summed E-state index contributed by atoms with van der Waals surface area (Å²) < 4.78 is 5.09. The number of nitrogens with one attached hydrogen (secondary N) is 1. The van der Waals surface area contributed by atoms with Crippen molar-refractivity contribution in [2.75, 3.05) is 11.9 Å². The number of amides is 1. The lowest BCUT2D eigenvalue weighted by Gasteiger charge is -2.07. The number of hydrogen-bond acceptors (Lipinski definition) is 3. The number of thiophene rings is 1. The van der Waals surface area contributed by atoms with Crippen LogP contribution < -0.4 is 5.32 Å². The molecular weight excluding hydrogens is 342 g/mol. The summed E-state index contributed by atoms with van der Waals surface area (Å²) >= 11 is 7.55. The largest absolute Gasteiger partial charge is 0.449 e. The first-order chi connectivity index (χ1) is 11.8. The van der Waals surface area contributed by atoms with Crippen molar-refractivity contribution < 1.29 is 9.53 Å². The van der Waals surface area contributed by atoms with Gasteiger partial charge in [-0.1, -0.05) is 35.7 Å². The minimum Gasteiger partial charge on any atom is -0.449 e. The predicted molar refractivity (Wildman–Crippen MR) is 99.2 cm³/mol. The Labute approximate surface area is 151 Å². The minimum atomic E-state index is -0.504. The Morgan fingerprint density at radius 3 is 2.83 bits per heavy atom. The normalized spacial score (nSPS) is 9.21. The molecule has 24 heavy (non-hydrogen) atoms. The van der Waals surface area contributed by atoms with E-state index < -0.39 is 6.09 Å². The first-order valence-corrected chi connectivity index (χ1v) is 8.72. The molecule has 0 unspecified atom stereocenters. The Bertz CT molecular complexity index is 779. The third-order valence-corrected chi connectivity index (χ3v) is 4.01. The van der Waals surface area contributed by atoms with Gasteiger partial charge in [0.25, 0.3) is 0 Å². The zero-order valence-electron chi connectivity index (χ0n) is 13.0. The van der Waals surface area contributed by atoms with Crippen LogP contribution in [0.4, 0.5) is 10.5 Å². The lowest BCUT2D eigenvalue weighted by molar-refractivity contribution is 0.159. The maximum Gasteiger partial charge on any atom is 0.411 e. The standard InChI is InChI=1S/C19H16ClNO2S/c20-17-12-6-7-13-18(17)21-19(22)23-14-8-4-2-1-3-5-10-16-11-9-15-24-16/h6-7,9,11-13,15H,2,4,8,14H2,(H,21,22). The van der Waals surface area contributed by atoms with E-state index in [9.17, 15) is 4.79 Å². The van der Waals surface area contributed by atoms with Gasteiger partial charge in [0.1, 0.15) is 0 Å². The maximum atomic E-state index is 11.6. The quantitative estimate of drug-likeness (QED) is 0.591. The van der Waals surface area contributed by atoms with E-state index in [0.717, 1.165) is 24.1 Å². The van der Waals surface area contributed by atoms with Gasteiger partial charge in [0.05, 0.1) is 22.2 Å². The third kappa shape index (κ3) is 6.79. The average Bonchev–Trinajstić information content (AvgIpc) is 3.09. The fraction of sp³-hybridized carbons (Fsp3) is 0.211. The molecular formula is C19H16ClNO2S. The second-order valence-corrected chi connectivity index (χ2v) is 6.08. The van der Waals surface area contributed by atoms with Crippen molar-refractivity contribution >= 4 is 34.7 Å². The Hall–Kier alpha value is -2.40.